The highest BCUT2D eigenvalue weighted by atomic mass is 16.2. The molecule has 0 saturated carbocycles. The zero-order valence-electron chi connectivity index (χ0n) is 15.2. The van der Waals surface area contributed by atoms with Crippen molar-refractivity contribution in [2.75, 3.05) is 10.2 Å². The highest BCUT2D eigenvalue weighted by molar-refractivity contribution is 6.02. The number of para-hydroxylation sites is 2. The molecule has 0 aliphatic carbocycles. The summed E-state index contributed by atoms with van der Waals surface area (Å²) < 4.78 is 0. The zero-order chi connectivity index (χ0) is 19.8. The van der Waals surface area contributed by atoms with E-state index in [4.69, 9.17) is 5.26 Å². The molecule has 5 nitrogen and oxygen atoms in total. The number of anilines is 3. The van der Waals surface area contributed by atoms with Gasteiger partial charge in [0.05, 0.1) is 11.6 Å². The molecule has 0 saturated heterocycles. The molecule has 5 heteroatoms. The van der Waals surface area contributed by atoms with E-state index in [0.717, 1.165) is 11.4 Å². The number of carbonyl (C=O) groups excluding carboxylic acids is 2. The van der Waals surface area contributed by atoms with Crippen molar-refractivity contribution in [2.45, 2.75) is 12.8 Å². The van der Waals surface area contributed by atoms with Crippen LogP contribution in [0.5, 0.6) is 0 Å². The number of carbonyl (C=O) groups is 2. The van der Waals surface area contributed by atoms with E-state index in [9.17, 15) is 9.59 Å². The summed E-state index contributed by atoms with van der Waals surface area (Å²) in [6.45, 7) is 0. The van der Waals surface area contributed by atoms with Crippen LogP contribution in [0, 0.1) is 11.3 Å². The molecule has 2 amide bonds. The highest BCUT2D eigenvalue weighted by Gasteiger charge is 2.18. The minimum atomic E-state index is -0.251. The number of hydrogen-bond donors (Lipinski definition) is 1. The molecule has 138 valence electrons. The summed E-state index contributed by atoms with van der Waals surface area (Å²) >= 11 is 0. The fourth-order valence-corrected chi connectivity index (χ4v) is 2.78. The number of benzene rings is 3. The van der Waals surface area contributed by atoms with Gasteiger partial charge < -0.3 is 5.32 Å². The minimum Gasteiger partial charge on any atom is -0.326 e. The Hall–Kier alpha value is -3.91. The molecule has 0 radical (unpaired) electrons. The lowest BCUT2D eigenvalue weighted by molar-refractivity contribution is -0.122. The van der Waals surface area contributed by atoms with Crippen LogP contribution in [0.1, 0.15) is 18.4 Å². The predicted molar refractivity (Wildman–Crippen MR) is 109 cm³/mol. The van der Waals surface area contributed by atoms with Gasteiger partial charge in [-0.05, 0) is 48.5 Å². The first-order valence-corrected chi connectivity index (χ1v) is 8.90. The summed E-state index contributed by atoms with van der Waals surface area (Å²) in [7, 11) is 0. The van der Waals surface area contributed by atoms with Gasteiger partial charge in [-0.3, -0.25) is 14.5 Å². The molecular weight excluding hydrogens is 350 g/mol. The van der Waals surface area contributed by atoms with Gasteiger partial charge >= 0.3 is 0 Å². The second kappa shape index (κ2) is 9.15. The van der Waals surface area contributed by atoms with Crippen molar-refractivity contribution in [3.05, 3.63) is 90.5 Å². The van der Waals surface area contributed by atoms with Crippen LogP contribution in [0.2, 0.25) is 0 Å². The van der Waals surface area contributed by atoms with Gasteiger partial charge in [-0.15, -0.1) is 0 Å². The molecule has 0 aliphatic rings. The average molecular weight is 369 g/mol. The average Bonchev–Trinajstić information content (AvgIpc) is 2.74. The van der Waals surface area contributed by atoms with Crippen LogP contribution in [0.4, 0.5) is 17.1 Å². The third-order valence-corrected chi connectivity index (χ3v) is 4.14. The van der Waals surface area contributed by atoms with Crippen LogP contribution in [-0.4, -0.2) is 11.8 Å². The highest BCUT2D eigenvalue weighted by Crippen LogP contribution is 2.26. The van der Waals surface area contributed by atoms with E-state index in [-0.39, 0.29) is 24.7 Å². The lowest BCUT2D eigenvalue weighted by atomic mass is 10.2. The quantitative estimate of drug-likeness (QED) is 0.688. The van der Waals surface area contributed by atoms with Crippen molar-refractivity contribution in [3.8, 4) is 6.07 Å². The largest absolute Gasteiger partial charge is 0.326 e. The van der Waals surface area contributed by atoms with Crippen molar-refractivity contribution < 1.29 is 9.59 Å². The Labute approximate surface area is 163 Å². The van der Waals surface area contributed by atoms with Gasteiger partial charge in [0.25, 0.3) is 0 Å². The molecule has 0 fully saturated rings. The topological polar surface area (TPSA) is 73.2 Å². The maximum Gasteiger partial charge on any atom is 0.232 e. The van der Waals surface area contributed by atoms with Crippen molar-refractivity contribution in [2.24, 2.45) is 0 Å². The molecular formula is C23H19N3O2. The molecule has 0 atom stereocenters. The van der Waals surface area contributed by atoms with Crippen LogP contribution in [0.25, 0.3) is 0 Å². The molecule has 3 aromatic carbocycles. The molecule has 3 rings (SSSR count). The van der Waals surface area contributed by atoms with Gasteiger partial charge in [-0.25, -0.2) is 0 Å². The molecule has 0 heterocycles. The van der Waals surface area contributed by atoms with Gasteiger partial charge in [0.2, 0.25) is 11.8 Å². The summed E-state index contributed by atoms with van der Waals surface area (Å²) in [4.78, 5) is 26.7. The number of nitrogens with zero attached hydrogens (tertiary/aromatic N) is 2. The normalized spacial score (nSPS) is 9.96. The SMILES string of the molecule is N#Cc1ccc(NC(=O)CCC(=O)N(c2ccccc2)c2ccccc2)cc1. The number of amides is 2. The summed E-state index contributed by atoms with van der Waals surface area (Å²) in [5.74, 6) is -0.411. The first kappa shape index (κ1) is 18.9. The van der Waals surface area contributed by atoms with E-state index >= 15 is 0 Å². The molecule has 1 N–H and O–H groups in total. The lowest BCUT2D eigenvalue weighted by Gasteiger charge is -2.23. The van der Waals surface area contributed by atoms with Crippen LogP contribution < -0.4 is 10.2 Å². The monoisotopic (exact) mass is 369 g/mol. The van der Waals surface area contributed by atoms with Gasteiger partial charge in [0.15, 0.2) is 0 Å². The molecule has 0 spiro atoms. The Balaban J connectivity index is 1.66. The Kier molecular flexibility index (Phi) is 6.17. The smallest absolute Gasteiger partial charge is 0.232 e. The summed E-state index contributed by atoms with van der Waals surface area (Å²) in [5, 5.41) is 11.6. The van der Waals surface area contributed by atoms with Crippen LogP contribution in [-0.2, 0) is 9.59 Å². The van der Waals surface area contributed by atoms with Crippen molar-refractivity contribution in [3.63, 3.8) is 0 Å². The third kappa shape index (κ3) is 4.83. The van der Waals surface area contributed by atoms with Gasteiger partial charge in [0.1, 0.15) is 0 Å². The zero-order valence-corrected chi connectivity index (χ0v) is 15.2. The Morgan fingerprint density at radius 3 is 1.82 bits per heavy atom. The maximum absolute atomic E-state index is 12.9. The molecule has 0 unspecified atom stereocenters. The van der Waals surface area contributed by atoms with E-state index in [1.165, 1.54) is 0 Å². The number of nitriles is 1. The lowest BCUT2D eigenvalue weighted by Crippen LogP contribution is -2.27. The third-order valence-electron chi connectivity index (χ3n) is 4.14. The van der Waals surface area contributed by atoms with Gasteiger partial charge in [-0.2, -0.15) is 5.26 Å². The van der Waals surface area contributed by atoms with E-state index in [0.29, 0.717) is 11.3 Å². The van der Waals surface area contributed by atoms with Crippen LogP contribution in [0.15, 0.2) is 84.9 Å². The summed E-state index contributed by atoms with van der Waals surface area (Å²) in [6, 6.07) is 27.3. The van der Waals surface area contributed by atoms with Crippen molar-refractivity contribution in [1.29, 1.82) is 5.26 Å². The Bertz CT molecular complexity index is 938. The minimum absolute atomic E-state index is 0.0645. The molecule has 0 aromatic heterocycles. The Morgan fingerprint density at radius 2 is 1.32 bits per heavy atom. The van der Waals surface area contributed by atoms with E-state index < -0.39 is 0 Å². The fourth-order valence-electron chi connectivity index (χ4n) is 2.78. The van der Waals surface area contributed by atoms with Gasteiger partial charge in [0, 0.05) is 29.9 Å². The van der Waals surface area contributed by atoms with E-state index in [1.807, 2.05) is 66.7 Å². The molecule has 0 aliphatic heterocycles. The van der Waals surface area contributed by atoms with E-state index in [1.54, 1.807) is 29.2 Å². The summed E-state index contributed by atoms with van der Waals surface area (Å²) in [6.07, 6.45) is 0.140. The second-order valence-electron chi connectivity index (χ2n) is 6.14. The first-order chi connectivity index (χ1) is 13.7. The number of rotatable bonds is 6. The van der Waals surface area contributed by atoms with Crippen molar-refractivity contribution >= 4 is 28.9 Å². The van der Waals surface area contributed by atoms with Gasteiger partial charge in [-0.1, -0.05) is 36.4 Å². The van der Waals surface area contributed by atoms with Crippen molar-refractivity contribution in [1.82, 2.24) is 0 Å². The first-order valence-electron chi connectivity index (χ1n) is 8.90. The fraction of sp³-hybridized carbons (Fsp3) is 0.0870. The standard InChI is InChI=1S/C23H19N3O2/c24-17-18-11-13-19(14-12-18)25-22(27)15-16-23(28)26(20-7-3-1-4-8-20)21-9-5-2-6-10-21/h1-14H,15-16H2,(H,25,27). The summed E-state index contributed by atoms with van der Waals surface area (Å²) in [5.41, 5.74) is 2.63. The van der Waals surface area contributed by atoms with E-state index in [2.05, 4.69) is 5.32 Å². The molecule has 3 aromatic rings. The van der Waals surface area contributed by atoms with Crippen LogP contribution in [0.3, 0.4) is 0 Å². The van der Waals surface area contributed by atoms with Crippen LogP contribution >= 0.6 is 0 Å². The number of nitrogens with one attached hydrogen (secondary N) is 1. The number of hydrogen-bond acceptors (Lipinski definition) is 3. The second-order valence-corrected chi connectivity index (χ2v) is 6.14. The predicted octanol–water partition coefficient (Wildman–Crippen LogP) is 4.64. The Morgan fingerprint density at radius 1 is 0.786 bits per heavy atom. The maximum atomic E-state index is 12.9. The molecule has 28 heavy (non-hydrogen) atoms. The molecule has 0 bridgehead atoms.